The van der Waals surface area contributed by atoms with Crippen molar-refractivity contribution in [1.29, 1.82) is 0 Å². The number of anilines is 2. The second-order valence-electron chi connectivity index (χ2n) is 8.50. The van der Waals surface area contributed by atoms with Crippen molar-refractivity contribution < 1.29 is 18.7 Å². The number of aliphatic hydroxyl groups excluding tert-OH is 1. The number of carbonyl (C=O) groups is 1. The third kappa shape index (κ3) is 3.86. The molecule has 168 valence electrons. The highest BCUT2D eigenvalue weighted by Crippen LogP contribution is 2.40. The zero-order valence-corrected chi connectivity index (χ0v) is 18.3. The van der Waals surface area contributed by atoms with Crippen LogP contribution in [0.1, 0.15) is 31.7 Å². The number of benzene rings is 2. The minimum Gasteiger partial charge on any atom is -0.396 e. The monoisotopic (exact) mass is 440 g/mol. The average Bonchev–Trinajstić information content (AvgIpc) is 3.09. The molecule has 0 saturated carbocycles. The van der Waals surface area contributed by atoms with E-state index >= 15 is 0 Å². The van der Waals surface area contributed by atoms with Crippen LogP contribution in [0.4, 0.5) is 20.3 Å². The number of nitrogens with zero attached hydrogens (tertiary/aromatic N) is 3. The molecule has 2 heterocycles. The van der Waals surface area contributed by atoms with Crippen LogP contribution in [0.25, 0.3) is 11.3 Å². The Bertz CT molecular complexity index is 1170. The smallest absolute Gasteiger partial charge is 0.243 e. The Kier molecular flexibility index (Phi) is 5.73. The molecule has 4 rings (SSSR count). The van der Waals surface area contributed by atoms with Gasteiger partial charge in [-0.3, -0.25) is 4.79 Å². The molecule has 0 unspecified atom stereocenters. The first kappa shape index (κ1) is 22.0. The Morgan fingerprint density at radius 2 is 1.97 bits per heavy atom. The maximum absolute atomic E-state index is 14.0. The molecule has 32 heavy (non-hydrogen) atoms. The largest absolute Gasteiger partial charge is 0.396 e. The van der Waals surface area contributed by atoms with Gasteiger partial charge in [0.25, 0.3) is 0 Å². The van der Waals surface area contributed by atoms with Crippen molar-refractivity contribution in [2.75, 3.05) is 18.5 Å². The van der Waals surface area contributed by atoms with Crippen LogP contribution in [-0.4, -0.2) is 38.6 Å². The van der Waals surface area contributed by atoms with Crippen LogP contribution in [0.2, 0.25) is 0 Å². The Labute approximate surface area is 185 Å². The van der Waals surface area contributed by atoms with Gasteiger partial charge >= 0.3 is 0 Å². The SMILES string of the molecule is Cc1cc(Nc2c(-c3cccc(F)c3)nc3n2CC(=O)N(CCCO)C3(C)C)ccc1F. The molecule has 8 heteroatoms. The third-order valence-corrected chi connectivity index (χ3v) is 5.84. The van der Waals surface area contributed by atoms with Crippen molar-refractivity contribution >= 4 is 17.4 Å². The van der Waals surface area contributed by atoms with Crippen LogP contribution in [0, 0.1) is 18.6 Å². The summed E-state index contributed by atoms with van der Waals surface area (Å²) in [5.41, 5.74) is 1.44. The summed E-state index contributed by atoms with van der Waals surface area (Å²) in [4.78, 5) is 19.6. The number of rotatable bonds is 6. The Hall–Kier alpha value is -3.26. The van der Waals surface area contributed by atoms with Crippen molar-refractivity contribution in [2.24, 2.45) is 0 Å². The molecule has 0 atom stereocenters. The van der Waals surface area contributed by atoms with Gasteiger partial charge in [-0.15, -0.1) is 0 Å². The topological polar surface area (TPSA) is 70.4 Å². The Morgan fingerprint density at radius 3 is 2.66 bits per heavy atom. The lowest BCUT2D eigenvalue weighted by atomic mass is 9.98. The van der Waals surface area contributed by atoms with Crippen molar-refractivity contribution in [3.63, 3.8) is 0 Å². The van der Waals surface area contributed by atoms with Crippen LogP contribution in [0.15, 0.2) is 42.5 Å². The van der Waals surface area contributed by atoms with E-state index in [0.717, 1.165) is 0 Å². The number of aromatic nitrogens is 2. The first-order valence-corrected chi connectivity index (χ1v) is 10.5. The first-order chi connectivity index (χ1) is 15.2. The van der Waals surface area contributed by atoms with E-state index in [0.29, 0.717) is 47.1 Å². The van der Waals surface area contributed by atoms with Gasteiger partial charge in [0.2, 0.25) is 5.91 Å². The van der Waals surface area contributed by atoms with Gasteiger partial charge in [-0.25, -0.2) is 13.8 Å². The standard InChI is InChI=1S/C24H26F2N4O2/c1-15-12-18(8-9-19(15)26)27-22-21(16-6-4-7-17(25)13-16)28-23-24(2,3)30(10-5-11-31)20(32)14-29(22)23/h4,6-9,12-13,27,31H,5,10-11,14H2,1-3H3. The number of hydrogen-bond acceptors (Lipinski definition) is 4. The van der Waals surface area contributed by atoms with Gasteiger partial charge < -0.3 is 19.9 Å². The van der Waals surface area contributed by atoms with E-state index in [1.165, 1.54) is 18.2 Å². The maximum atomic E-state index is 14.0. The van der Waals surface area contributed by atoms with Gasteiger partial charge in [0, 0.05) is 24.4 Å². The number of fused-ring (bicyclic) bond motifs is 1. The minimum absolute atomic E-state index is 0.0143. The Balaban J connectivity index is 1.87. The highest BCUT2D eigenvalue weighted by Gasteiger charge is 2.42. The number of halogens is 2. The molecular formula is C24H26F2N4O2. The second kappa shape index (κ2) is 8.35. The number of nitrogens with one attached hydrogen (secondary N) is 1. The maximum Gasteiger partial charge on any atom is 0.243 e. The molecular weight excluding hydrogens is 414 g/mol. The van der Waals surface area contributed by atoms with E-state index in [2.05, 4.69) is 5.32 Å². The number of aliphatic hydroxyl groups is 1. The molecule has 0 saturated heterocycles. The molecule has 0 bridgehead atoms. The number of amides is 1. The summed E-state index contributed by atoms with van der Waals surface area (Å²) < 4.78 is 29.6. The first-order valence-electron chi connectivity index (χ1n) is 10.5. The molecule has 1 aliphatic heterocycles. The molecule has 1 amide bonds. The highest BCUT2D eigenvalue weighted by atomic mass is 19.1. The fourth-order valence-electron chi connectivity index (χ4n) is 4.18. The molecule has 3 aromatic rings. The van der Waals surface area contributed by atoms with E-state index in [1.54, 1.807) is 40.7 Å². The third-order valence-electron chi connectivity index (χ3n) is 5.84. The van der Waals surface area contributed by atoms with Crippen LogP contribution < -0.4 is 5.32 Å². The molecule has 0 spiro atoms. The number of hydrogen-bond donors (Lipinski definition) is 2. The lowest BCUT2D eigenvalue weighted by molar-refractivity contribution is -0.140. The van der Waals surface area contributed by atoms with E-state index in [1.807, 2.05) is 13.8 Å². The van der Waals surface area contributed by atoms with Crippen LogP contribution in [0.5, 0.6) is 0 Å². The van der Waals surface area contributed by atoms with Gasteiger partial charge in [0.15, 0.2) is 0 Å². The van der Waals surface area contributed by atoms with Crippen LogP contribution in [-0.2, 0) is 16.9 Å². The summed E-state index contributed by atoms with van der Waals surface area (Å²) in [6, 6.07) is 10.8. The molecule has 6 nitrogen and oxygen atoms in total. The predicted octanol–water partition coefficient (Wildman–Crippen LogP) is 4.34. The summed E-state index contributed by atoms with van der Waals surface area (Å²) in [6.07, 6.45) is 0.465. The summed E-state index contributed by atoms with van der Waals surface area (Å²) in [5.74, 6) is 0.386. The minimum atomic E-state index is -0.745. The second-order valence-corrected chi connectivity index (χ2v) is 8.50. The molecule has 2 N–H and O–H groups in total. The fraction of sp³-hybridized carbons (Fsp3) is 0.333. The number of aryl methyl sites for hydroxylation is 1. The zero-order chi connectivity index (χ0) is 23.0. The van der Waals surface area contributed by atoms with E-state index in [9.17, 15) is 18.7 Å². The lowest BCUT2D eigenvalue weighted by Crippen LogP contribution is -2.53. The molecule has 1 aromatic heterocycles. The van der Waals surface area contributed by atoms with E-state index < -0.39 is 11.4 Å². The van der Waals surface area contributed by atoms with Crippen LogP contribution >= 0.6 is 0 Å². The summed E-state index contributed by atoms with van der Waals surface area (Å²) >= 11 is 0. The normalized spacial score (nSPS) is 15.1. The van der Waals surface area contributed by atoms with Crippen molar-refractivity contribution in [2.45, 2.75) is 39.3 Å². The average molecular weight is 440 g/mol. The van der Waals surface area contributed by atoms with Gasteiger partial charge in [-0.1, -0.05) is 12.1 Å². The fourth-order valence-corrected chi connectivity index (χ4v) is 4.18. The van der Waals surface area contributed by atoms with Crippen molar-refractivity contribution in [3.05, 3.63) is 65.5 Å². The lowest BCUT2D eigenvalue weighted by Gasteiger charge is -2.42. The van der Waals surface area contributed by atoms with E-state index in [4.69, 9.17) is 4.98 Å². The van der Waals surface area contributed by atoms with E-state index in [-0.39, 0.29) is 24.9 Å². The Morgan fingerprint density at radius 1 is 1.19 bits per heavy atom. The quantitative estimate of drug-likeness (QED) is 0.598. The predicted molar refractivity (Wildman–Crippen MR) is 118 cm³/mol. The number of imidazole rings is 1. The molecule has 1 aliphatic rings. The zero-order valence-electron chi connectivity index (χ0n) is 18.3. The van der Waals surface area contributed by atoms with Crippen LogP contribution in [0.3, 0.4) is 0 Å². The number of carbonyl (C=O) groups excluding carboxylic acids is 1. The van der Waals surface area contributed by atoms with Gasteiger partial charge in [-0.2, -0.15) is 0 Å². The summed E-state index contributed by atoms with van der Waals surface area (Å²) in [5, 5.41) is 12.5. The van der Waals surface area contributed by atoms with Crippen molar-refractivity contribution in [3.8, 4) is 11.3 Å². The highest BCUT2D eigenvalue weighted by molar-refractivity contribution is 5.83. The van der Waals surface area contributed by atoms with Gasteiger partial charge in [-0.05, 0) is 63.1 Å². The summed E-state index contributed by atoms with van der Waals surface area (Å²) in [7, 11) is 0. The molecule has 0 radical (unpaired) electrons. The molecule has 2 aromatic carbocycles. The molecule has 0 aliphatic carbocycles. The molecule has 0 fully saturated rings. The summed E-state index contributed by atoms with van der Waals surface area (Å²) in [6.45, 7) is 5.92. The van der Waals surface area contributed by atoms with Gasteiger partial charge in [0.05, 0.1) is 5.54 Å². The van der Waals surface area contributed by atoms with Crippen molar-refractivity contribution in [1.82, 2.24) is 14.5 Å². The van der Waals surface area contributed by atoms with Gasteiger partial charge in [0.1, 0.15) is 35.5 Å².